The van der Waals surface area contributed by atoms with Gasteiger partial charge in [0.25, 0.3) is 0 Å². The summed E-state index contributed by atoms with van der Waals surface area (Å²) in [6.07, 6.45) is 2.67. The fraction of sp³-hybridized carbons (Fsp3) is 0.533. The fourth-order valence-electron chi connectivity index (χ4n) is 2.27. The number of aliphatic imine (C=N–C) groups is 1. The molecule has 6 heteroatoms. The van der Waals surface area contributed by atoms with Gasteiger partial charge in [-0.3, -0.25) is 4.99 Å². The lowest BCUT2D eigenvalue weighted by Gasteiger charge is -2.15. The van der Waals surface area contributed by atoms with Crippen molar-refractivity contribution < 1.29 is 0 Å². The molecule has 0 aromatic heterocycles. The van der Waals surface area contributed by atoms with Crippen molar-refractivity contribution >= 4 is 57.6 Å². The summed E-state index contributed by atoms with van der Waals surface area (Å²) in [7, 11) is 1.82. The topological polar surface area (TPSA) is 36.4 Å². The molecule has 0 saturated carbocycles. The minimum Gasteiger partial charge on any atom is -0.355 e. The molecule has 118 valence electrons. The third-order valence-electron chi connectivity index (χ3n) is 3.50. The molecule has 3 nitrogen and oxygen atoms in total. The summed E-state index contributed by atoms with van der Waals surface area (Å²) in [5, 5.41) is 7.54. The van der Waals surface area contributed by atoms with E-state index in [1.807, 2.05) is 7.05 Å². The molecule has 1 aliphatic rings. The Morgan fingerprint density at radius 3 is 2.86 bits per heavy atom. The number of benzene rings is 1. The molecule has 1 fully saturated rings. The van der Waals surface area contributed by atoms with Crippen LogP contribution in [0.2, 0.25) is 0 Å². The van der Waals surface area contributed by atoms with Gasteiger partial charge in [0.2, 0.25) is 0 Å². The van der Waals surface area contributed by atoms with Crippen LogP contribution in [0, 0.1) is 6.92 Å². The van der Waals surface area contributed by atoms with E-state index in [-0.39, 0.29) is 24.0 Å². The smallest absolute Gasteiger partial charge is 0.191 e. The average molecular weight is 484 g/mol. The minimum absolute atomic E-state index is 0. The third-order valence-corrected chi connectivity index (χ3v) is 5.39. The Hall–Kier alpha value is 0.0500. The van der Waals surface area contributed by atoms with Crippen LogP contribution in [-0.2, 0) is 6.54 Å². The zero-order valence-corrected chi connectivity index (χ0v) is 17.2. The Kier molecular flexibility index (Phi) is 9.04. The van der Waals surface area contributed by atoms with Crippen molar-refractivity contribution in [2.45, 2.75) is 31.6 Å². The first-order valence-corrected chi connectivity index (χ1v) is 8.84. The van der Waals surface area contributed by atoms with E-state index in [1.54, 1.807) is 0 Å². The second-order valence-corrected chi connectivity index (χ2v) is 7.34. The predicted octanol–water partition coefficient (Wildman–Crippen LogP) is 3.94. The first-order chi connectivity index (χ1) is 9.69. The molecule has 1 aromatic rings. The molecule has 0 radical (unpaired) electrons. The number of hydrogen-bond donors (Lipinski definition) is 2. The van der Waals surface area contributed by atoms with Gasteiger partial charge in [-0.05, 0) is 48.8 Å². The van der Waals surface area contributed by atoms with Crippen LogP contribution in [0.15, 0.2) is 27.7 Å². The Balaban J connectivity index is 0.00000220. The Labute approximate surface area is 157 Å². The molecular formula is C15H23BrIN3S. The lowest BCUT2D eigenvalue weighted by molar-refractivity contribution is 0.725. The van der Waals surface area contributed by atoms with E-state index in [0.29, 0.717) is 0 Å². The van der Waals surface area contributed by atoms with E-state index in [4.69, 9.17) is 0 Å². The number of nitrogens with one attached hydrogen (secondary N) is 2. The highest BCUT2D eigenvalue weighted by atomic mass is 127. The maximum atomic E-state index is 4.29. The Morgan fingerprint density at radius 2 is 2.24 bits per heavy atom. The van der Waals surface area contributed by atoms with Gasteiger partial charge < -0.3 is 10.6 Å². The molecule has 0 bridgehead atoms. The van der Waals surface area contributed by atoms with Gasteiger partial charge in [-0.2, -0.15) is 11.8 Å². The van der Waals surface area contributed by atoms with Crippen molar-refractivity contribution in [3.63, 3.8) is 0 Å². The van der Waals surface area contributed by atoms with E-state index in [0.717, 1.165) is 28.8 Å². The first kappa shape index (κ1) is 19.1. The largest absolute Gasteiger partial charge is 0.355 e. The van der Waals surface area contributed by atoms with Crippen LogP contribution in [0.3, 0.4) is 0 Å². The summed E-state index contributed by atoms with van der Waals surface area (Å²) in [6.45, 7) is 3.94. The molecule has 1 unspecified atom stereocenters. The van der Waals surface area contributed by atoms with E-state index in [1.165, 1.54) is 29.7 Å². The molecule has 1 atom stereocenters. The number of rotatable bonds is 4. The lowest BCUT2D eigenvalue weighted by atomic mass is 10.1. The van der Waals surface area contributed by atoms with E-state index < -0.39 is 0 Å². The molecule has 2 rings (SSSR count). The summed E-state index contributed by atoms with van der Waals surface area (Å²) < 4.78 is 1.12. The molecule has 0 amide bonds. The van der Waals surface area contributed by atoms with Crippen LogP contribution < -0.4 is 10.6 Å². The molecular weight excluding hydrogens is 461 g/mol. The number of aryl methyl sites for hydroxylation is 1. The minimum atomic E-state index is 0. The average Bonchev–Trinajstić information content (AvgIpc) is 2.94. The van der Waals surface area contributed by atoms with Gasteiger partial charge in [-0.1, -0.05) is 22.0 Å². The number of hydrogen-bond acceptors (Lipinski definition) is 2. The van der Waals surface area contributed by atoms with Crippen molar-refractivity contribution in [1.29, 1.82) is 0 Å². The number of guanidine groups is 1. The van der Waals surface area contributed by atoms with Crippen LogP contribution in [0.4, 0.5) is 0 Å². The van der Waals surface area contributed by atoms with E-state index in [9.17, 15) is 0 Å². The molecule has 1 aromatic carbocycles. The van der Waals surface area contributed by atoms with Crippen LogP contribution in [0.1, 0.15) is 24.0 Å². The molecule has 1 aliphatic heterocycles. The first-order valence-electron chi connectivity index (χ1n) is 7.00. The normalized spacial score (nSPS) is 18.2. The van der Waals surface area contributed by atoms with E-state index in [2.05, 4.69) is 68.4 Å². The highest BCUT2D eigenvalue weighted by Crippen LogP contribution is 2.25. The summed E-state index contributed by atoms with van der Waals surface area (Å²) >= 11 is 5.56. The monoisotopic (exact) mass is 483 g/mol. The molecule has 1 saturated heterocycles. The maximum absolute atomic E-state index is 4.29. The molecule has 2 N–H and O–H groups in total. The SMILES string of the molecule is CN=C(NCc1ccc(Br)cc1C)NCC1CCCS1.I. The van der Waals surface area contributed by atoms with Crippen LogP contribution in [-0.4, -0.2) is 30.6 Å². The summed E-state index contributed by atoms with van der Waals surface area (Å²) in [5.74, 6) is 2.19. The van der Waals surface area contributed by atoms with Crippen LogP contribution in [0.5, 0.6) is 0 Å². The maximum Gasteiger partial charge on any atom is 0.191 e. The van der Waals surface area contributed by atoms with Crippen LogP contribution in [0.25, 0.3) is 0 Å². The van der Waals surface area contributed by atoms with Gasteiger partial charge in [-0.25, -0.2) is 0 Å². The van der Waals surface area contributed by atoms with E-state index >= 15 is 0 Å². The second-order valence-electron chi connectivity index (χ2n) is 5.01. The number of nitrogens with zero attached hydrogens (tertiary/aromatic N) is 1. The molecule has 1 heterocycles. The summed E-state index contributed by atoms with van der Waals surface area (Å²) in [4.78, 5) is 4.29. The van der Waals surface area contributed by atoms with Crippen molar-refractivity contribution in [1.82, 2.24) is 10.6 Å². The molecule has 0 spiro atoms. The van der Waals surface area contributed by atoms with Crippen molar-refractivity contribution in [3.05, 3.63) is 33.8 Å². The zero-order chi connectivity index (χ0) is 14.4. The quantitative estimate of drug-likeness (QED) is 0.387. The van der Waals surface area contributed by atoms with Crippen molar-refractivity contribution in [3.8, 4) is 0 Å². The number of thioether (sulfide) groups is 1. The fourth-order valence-corrected chi connectivity index (χ4v) is 3.95. The van der Waals surface area contributed by atoms with Gasteiger partial charge in [-0.15, -0.1) is 24.0 Å². The second kappa shape index (κ2) is 9.94. The standard InChI is InChI=1S/C15H22BrN3S.HI/c1-11-8-13(16)6-5-12(11)9-18-15(17-2)19-10-14-4-3-7-20-14;/h5-6,8,14H,3-4,7,9-10H2,1-2H3,(H2,17,18,19);1H. The highest BCUT2D eigenvalue weighted by molar-refractivity contribution is 14.0. The van der Waals surface area contributed by atoms with Crippen LogP contribution >= 0.6 is 51.7 Å². The number of halogens is 2. The Bertz CT molecular complexity index is 476. The predicted molar refractivity (Wildman–Crippen MR) is 108 cm³/mol. The van der Waals surface area contributed by atoms with Gasteiger partial charge in [0.1, 0.15) is 0 Å². The molecule has 21 heavy (non-hydrogen) atoms. The van der Waals surface area contributed by atoms with Gasteiger partial charge in [0.05, 0.1) is 0 Å². The van der Waals surface area contributed by atoms with Gasteiger partial charge in [0.15, 0.2) is 5.96 Å². The summed E-state index contributed by atoms with van der Waals surface area (Å²) in [6, 6.07) is 6.37. The van der Waals surface area contributed by atoms with Gasteiger partial charge in [0, 0.05) is 29.9 Å². The highest BCUT2D eigenvalue weighted by Gasteiger charge is 2.15. The summed E-state index contributed by atoms with van der Waals surface area (Å²) in [5.41, 5.74) is 2.58. The van der Waals surface area contributed by atoms with Crippen molar-refractivity contribution in [2.75, 3.05) is 19.3 Å². The zero-order valence-electron chi connectivity index (χ0n) is 12.5. The Morgan fingerprint density at radius 1 is 1.43 bits per heavy atom. The third kappa shape index (κ3) is 6.36. The van der Waals surface area contributed by atoms with Crippen molar-refractivity contribution in [2.24, 2.45) is 4.99 Å². The molecule has 0 aliphatic carbocycles. The lowest BCUT2D eigenvalue weighted by Crippen LogP contribution is -2.39. The van der Waals surface area contributed by atoms with Gasteiger partial charge >= 0.3 is 0 Å².